The number of ether oxygens (including phenoxy) is 1. The van der Waals surface area contributed by atoms with Crippen LogP contribution in [0.4, 0.5) is 0 Å². The SMILES string of the molecule is COCC1CCCN(CC(C)(C#N)NC2CC2)C1. The fraction of sp³-hybridized carbons (Fsp3) is 0.929. The molecule has 2 rings (SSSR count). The molecule has 1 saturated carbocycles. The highest BCUT2D eigenvalue weighted by atomic mass is 16.5. The molecule has 2 unspecified atom stereocenters. The molecule has 1 saturated heterocycles. The smallest absolute Gasteiger partial charge is 0.116 e. The molecule has 0 spiro atoms. The zero-order valence-electron chi connectivity index (χ0n) is 11.6. The molecular weight excluding hydrogens is 226 g/mol. The van der Waals surface area contributed by atoms with Crippen molar-refractivity contribution in [2.24, 2.45) is 5.92 Å². The van der Waals surface area contributed by atoms with Gasteiger partial charge in [-0.3, -0.25) is 5.32 Å². The van der Waals surface area contributed by atoms with Gasteiger partial charge in [0.1, 0.15) is 5.54 Å². The molecule has 1 heterocycles. The van der Waals surface area contributed by atoms with Crippen LogP contribution in [-0.4, -0.2) is 49.8 Å². The van der Waals surface area contributed by atoms with Gasteiger partial charge in [-0.2, -0.15) is 5.26 Å². The van der Waals surface area contributed by atoms with Crippen molar-refractivity contribution in [3.05, 3.63) is 0 Å². The molecule has 0 amide bonds. The maximum absolute atomic E-state index is 9.40. The third-order valence-corrected chi connectivity index (χ3v) is 3.89. The van der Waals surface area contributed by atoms with E-state index >= 15 is 0 Å². The van der Waals surface area contributed by atoms with Crippen LogP contribution in [0.25, 0.3) is 0 Å². The summed E-state index contributed by atoms with van der Waals surface area (Å²) in [5.41, 5.74) is -0.393. The lowest BCUT2D eigenvalue weighted by molar-refractivity contribution is 0.0813. The maximum atomic E-state index is 9.40. The van der Waals surface area contributed by atoms with Gasteiger partial charge in [0.2, 0.25) is 0 Å². The van der Waals surface area contributed by atoms with Gasteiger partial charge in [0.25, 0.3) is 0 Å². The van der Waals surface area contributed by atoms with Crippen LogP contribution in [0.1, 0.15) is 32.6 Å². The minimum atomic E-state index is -0.393. The summed E-state index contributed by atoms with van der Waals surface area (Å²) in [4.78, 5) is 2.42. The Kier molecular flexibility index (Phi) is 4.60. The van der Waals surface area contributed by atoms with E-state index in [0.717, 1.165) is 26.2 Å². The first-order valence-electron chi connectivity index (χ1n) is 7.05. The van der Waals surface area contributed by atoms with Gasteiger partial charge in [-0.05, 0) is 45.1 Å². The third kappa shape index (κ3) is 3.94. The molecule has 18 heavy (non-hydrogen) atoms. The Labute approximate surface area is 110 Å². The van der Waals surface area contributed by atoms with Gasteiger partial charge in [0.05, 0.1) is 12.7 Å². The molecule has 0 bridgehead atoms. The second kappa shape index (κ2) is 6.01. The molecule has 0 aromatic rings. The average Bonchev–Trinajstić information content (AvgIpc) is 3.13. The Bertz CT molecular complexity index is 309. The molecule has 0 radical (unpaired) electrons. The zero-order valence-corrected chi connectivity index (χ0v) is 11.6. The molecule has 4 nitrogen and oxygen atoms in total. The van der Waals surface area contributed by atoms with Gasteiger partial charge in [-0.25, -0.2) is 0 Å². The average molecular weight is 251 g/mol. The van der Waals surface area contributed by atoms with Crippen LogP contribution in [0.15, 0.2) is 0 Å². The molecule has 1 N–H and O–H groups in total. The van der Waals surface area contributed by atoms with Gasteiger partial charge in [0.15, 0.2) is 0 Å². The van der Waals surface area contributed by atoms with Crippen molar-refractivity contribution in [3.8, 4) is 6.07 Å². The highest BCUT2D eigenvalue weighted by Gasteiger charge is 2.35. The van der Waals surface area contributed by atoms with Crippen molar-refractivity contribution in [1.29, 1.82) is 5.26 Å². The summed E-state index contributed by atoms with van der Waals surface area (Å²) >= 11 is 0. The van der Waals surface area contributed by atoms with Crippen LogP contribution >= 0.6 is 0 Å². The number of nitriles is 1. The van der Waals surface area contributed by atoms with Crippen molar-refractivity contribution >= 4 is 0 Å². The number of likely N-dealkylation sites (tertiary alicyclic amines) is 1. The summed E-state index contributed by atoms with van der Waals surface area (Å²) in [7, 11) is 1.77. The van der Waals surface area contributed by atoms with E-state index in [4.69, 9.17) is 4.74 Å². The number of hydrogen-bond acceptors (Lipinski definition) is 4. The third-order valence-electron chi connectivity index (χ3n) is 3.89. The Morgan fingerprint density at radius 2 is 2.22 bits per heavy atom. The van der Waals surface area contributed by atoms with Crippen molar-refractivity contribution in [2.45, 2.75) is 44.2 Å². The van der Waals surface area contributed by atoms with E-state index in [-0.39, 0.29) is 0 Å². The molecule has 1 aliphatic carbocycles. The number of nitrogens with one attached hydrogen (secondary N) is 1. The Hall–Kier alpha value is -0.630. The van der Waals surface area contributed by atoms with Gasteiger partial charge in [0, 0.05) is 26.2 Å². The molecular formula is C14H25N3O. The molecule has 0 aromatic heterocycles. The van der Waals surface area contributed by atoms with E-state index in [9.17, 15) is 5.26 Å². The lowest BCUT2D eigenvalue weighted by Gasteiger charge is -2.37. The van der Waals surface area contributed by atoms with Crippen LogP contribution in [0.3, 0.4) is 0 Å². The predicted molar refractivity (Wildman–Crippen MR) is 71.2 cm³/mol. The summed E-state index contributed by atoms with van der Waals surface area (Å²) in [6.07, 6.45) is 4.93. The quantitative estimate of drug-likeness (QED) is 0.775. The van der Waals surface area contributed by atoms with Crippen LogP contribution in [0, 0.1) is 17.2 Å². The Morgan fingerprint density at radius 3 is 2.83 bits per heavy atom. The largest absolute Gasteiger partial charge is 0.384 e. The van der Waals surface area contributed by atoms with Crippen LogP contribution in [-0.2, 0) is 4.74 Å². The molecule has 0 aromatic carbocycles. The standard InChI is InChI=1S/C14H25N3O/c1-14(10-15,16-13-5-6-13)11-17-7-3-4-12(8-17)9-18-2/h12-13,16H,3-9,11H2,1-2H3. The van der Waals surface area contributed by atoms with E-state index in [0.29, 0.717) is 12.0 Å². The molecule has 2 fully saturated rings. The fourth-order valence-electron chi connectivity index (χ4n) is 2.91. The number of rotatable bonds is 6. The lowest BCUT2D eigenvalue weighted by atomic mass is 9.96. The monoisotopic (exact) mass is 251 g/mol. The summed E-state index contributed by atoms with van der Waals surface area (Å²) in [5.74, 6) is 0.632. The summed E-state index contributed by atoms with van der Waals surface area (Å²) in [6, 6.07) is 3.04. The van der Waals surface area contributed by atoms with Crippen LogP contribution < -0.4 is 5.32 Å². The van der Waals surface area contributed by atoms with E-state index in [1.807, 2.05) is 6.92 Å². The van der Waals surface area contributed by atoms with E-state index in [1.165, 1.54) is 25.7 Å². The Balaban J connectivity index is 1.84. The number of nitrogens with zero attached hydrogens (tertiary/aromatic N) is 2. The van der Waals surface area contributed by atoms with Gasteiger partial charge < -0.3 is 9.64 Å². The molecule has 2 aliphatic rings. The van der Waals surface area contributed by atoms with E-state index in [1.54, 1.807) is 7.11 Å². The first-order valence-corrected chi connectivity index (χ1v) is 7.05. The lowest BCUT2D eigenvalue weighted by Crippen LogP contribution is -2.53. The van der Waals surface area contributed by atoms with E-state index < -0.39 is 5.54 Å². The second-order valence-corrected chi connectivity index (χ2v) is 6.06. The molecule has 1 aliphatic heterocycles. The van der Waals surface area contributed by atoms with Crippen LogP contribution in [0.5, 0.6) is 0 Å². The van der Waals surface area contributed by atoms with Gasteiger partial charge in [-0.15, -0.1) is 0 Å². The molecule has 4 heteroatoms. The normalized spacial score (nSPS) is 28.6. The molecule has 102 valence electrons. The van der Waals surface area contributed by atoms with Crippen molar-refractivity contribution in [3.63, 3.8) is 0 Å². The number of hydrogen-bond donors (Lipinski definition) is 1. The van der Waals surface area contributed by atoms with Gasteiger partial charge in [-0.1, -0.05) is 0 Å². The molecule has 2 atom stereocenters. The zero-order chi connectivity index (χ0) is 13.0. The first kappa shape index (κ1) is 13.8. The number of methoxy groups -OCH3 is 1. The van der Waals surface area contributed by atoms with Crippen LogP contribution in [0.2, 0.25) is 0 Å². The highest BCUT2D eigenvalue weighted by molar-refractivity contribution is 5.09. The minimum absolute atomic E-state index is 0.393. The maximum Gasteiger partial charge on any atom is 0.116 e. The van der Waals surface area contributed by atoms with Crippen molar-refractivity contribution in [1.82, 2.24) is 10.2 Å². The fourth-order valence-corrected chi connectivity index (χ4v) is 2.91. The van der Waals surface area contributed by atoms with Gasteiger partial charge >= 0.3 is 0 Å². The van der Waals surface area contributed by atoms with Crippen molar-refractivity contribution in [2.75, 3.05) is 33.4 Å². The van der Waals surface area contributed by atoms with E-state index in [2.05, 4.69) is 16.3 Å². The van der Waals surface area contributed by atoms with Crippen molar-refractivity contribution < 1.29 is 4.74 Å². The first-order chi connectivity index (χ1) is 8.65. The minimum Gasteiger partial charge on any atom is -0.384 e. The second-order valence-electron chi connectivity index (χ2n) is 6.06. The Morgan fingerprint density at radius 1 is 1.44 bits per heavy atom. The highest BCUT2D eigenvalue weighted by Crippen LogP contribution is 2.24. The topological polar surface area (TPSA) is 48.3 Å². The summed E-state index contributed by atoms with van der Waals surface area (Å²) in [6.45, 7) is 5.89. The number of piperidine rings is 1. The summed E-state index contributed by atoms with van der Waals surface area (Å²) < 4.78 is 5.25. The predicted octanol–water partition coefficient (Wildman–Crippen LogP) is 1.38. The summed E-state index contributed by atoms with van der Waals surface area (Å²) in [5, 5.41) is 12.9.